The summed E-state index contributed by atoms with van der Waals surface area (Å²) in [5, 5.41) is 0.767. The van der Waals surface area contributed by atoms with Crippen molar-refractivity contribution in [1.29, 1.82) is 0 Å². The van der Waals surface area contributed by atoms with Gasteiger partial charge in [0.2, 0.25) is 5.55 Å². The molecule has 3 aromatic rings. The van der Waals surface area contributed by atoms with Crippen molar-refractivity contribution in [3.63, 3.8) is 0 Å². The van der Waals surface area contributed by atoms with Crippen LogP contribution in [0.4, 0.5) is 11.4 Å². The summed E-state index contributed by atoms with van der Waals surface area (Å²) >= 11 is 0. The minimum atomic E-state index is -0.120. The third-order valence-corrected chi connectivity index (χ3v) is 3.45. The van der Waals surface area contributed by atoms with Crippen LogP contribution >= 0.6 is 0 Å². The van der Waals surface area contributed by atoms with E-state index in [9.17, 15) is 4.79 Å². The van der Waals surface area contributed by atoms with Crippen LogP contribution in [0.1, 0.15) is 17.3 Å². The molecule has 0 aliphatic heterocycles. The summed E-state index contributed by atoms with van der Waals surface area (Å²) in [5.74, 6) is 0.618. The first-order valence-electron chi connectivity index (χ1n) is 7.10. The number of carbonyl (C=O) groups is 1. The number of fused-ring (bicyclic) bond motifs is 1. The number of hydrogen-bond donors (Lipinski definition) is 1. The molecule has 5 nitrogen and oxygen atoms in total. The van der Waals surface area contributed by atoms with Gasteiger partial charge in [0, 0.05) is 11.1 Å². The summed E-state index contributed by atoms with van der Waals surface area (Å²) in [5.41, 5.74) is 8.38. The van der Waals surface area contributed by atoms with E-state index >= 15 is 0 Å². The molecule has 2 N–H and O–H groups in total. The van der Waals surface area contributed by atoms with Gasteiger partial charge < -0.3 is 14.9 Å². The highest BCUT2D eigenvalue weighted by Gasteiger charge is 2.09. The zero-order valence-electron chi connectivity index (χ0n) is 12.9. The number of Topliss-reactive ketones (excluding diaryl/α,β-unsaturated/α-hetero) is 1. The van der Waals surface area contributed by atoms with Crippen molar-refractivity contribution >= 4 is 28.1 Å². The predicted octanol–water partition coefficient (Wildman–Crippen LogP) is 3.46. The van der Waals surface area contributed by atoms with E-state index in [4.69, 9.17) is 14.9 Å². The van der Waals surface area contributed by atoms with Crippen LogP contribution in [0.2, 0.25) is 0 Å². The first-order chi connectivity index (χ1) is 11.1. The maximum absolute atomic E-state index is 11.9. The Bertz CT molecular complexity index is 941. The van der Waals surface area contributed by atoms with Gasteiger partial charge in [0.1, 0.15) is 11.3 Å². The molecule has 3 rings (SSSR count). The van der Waals surface area contributed by atoms with Crippen LogP contribution in [0.5, 0.6) is 5.75 Å². The zero-order chi connectivity index (χ0) is 16.4. The van der Waals surface area contributed by atoms with Crippen molar-refractivity contribution in [2.75, 3.05) is 12.8 Å². The Labute approximate surface area is 133 Å². The van der Waals surface area contributed by atoms with E-state index in [-0.39, 0.29) is 11.3 Å². The minimum absolute atomic E-state index is 0.120. The van der Waals surface area contributed by atoms with Crippen LogP contribution in [-0.4, -0.2) is 12.9 Å². The number of nitrogens with zero attached hydrogens (tertiary/aromatic N) is 1. The second-order valence-electron chi connectivity index (χ2n) is 5.13. The first kappa shape index (κ1) is 14.8. The molecule has 0 aliphatic rings. The van der Waals surface area contributed by atoms with Crippen molar-refractivity contribution in [1.82, 2.24) is 0 Å². The third kappa shape index (κ3) is 3.08. The summed E-state index contributed by atoms with van der Waals surface area (Å²) in [7, 11) is 1.60. The van der Waals surface area contributed by atoms with Crippen molar-refractivity contribution < 1.29 is 13.9 Å². The number of carbonyl (C=O) groups excluding carboxylic acids is 1. The van der Waals surface area contributed by atoms with E-state index in [1.165, 1.54) is 6.92 Å². The highest BCUT2D eigenvalue weighted by Crippen LogP contribution is 2.20. The largest absolute Gasteiger partial charge is 0.497 e. The molecule has 0 fully saturated rings. The van der Waals surface area contributed by atoms with Gasteiger partial charge in [-0.2, -0.15) is 0 Å². The van der Waals surface area contributed by atoms with Crippen molar-refractivity contribution in [2.45, 2.75) is 6.92 Å². The molecule has 2 aromatic carbocycles. The van der Waals surface area contributed by atoms with Gasteiger partial charge in [-0.1, -0.05) is 0 Å². The Kier molecular flexibility index (Phi) is 3.85. The molecule has 0 bridgehead atoms. The molecule has 23 heavy (non-hydrogen) atoms. The van der Waals surface area contributed by atoms with Gasteiger partial charge in [0.15, 0.2) is 5.78 Å². The monoisotopic (exact) mass is 308 g/mol. The van der Waals surface area contributed by atoms with E-state index in [0.29, 0.717) is 22.5 Å². The summed E-state index contributed by atoms with van der Waals surface area (Å²) in [4.78, 5) is 16.4. The highest BCUT2D eigenvalue weighted by atomic mass is 16.5. The van der Waals surface area contributed by atoms with E-state index in [2.05, 4.69) is 4.99 Å². The average Bonchev–Trinajstić information content (AvgIpc) is 2.55. The summed E-state index contributed by atoms with van der Waals surface area (Å²) in [6.07, 6.45) is 0. The molecule has 0 atom stereocenters. The summed E-state index contributed by atoms with van der Waals surface area (Å²) < 4.78 is 10.9. The number of rotatable bonds is 3. The van der Waals surface area contributed by atoms with E-state index in [1.807, 2.05) is 0 Å². The molecule has 1 heterocycles. The van der Waals surface area contributed by atoms with Gasteiger partial charge in [-0.15, -0.1) is 0 Å². The fourth-order valence-electron chi connectivity index (χ4n) is 2.26. The Morgan fingerprint density at radius 1 is 1.13 bits per heavy atom. The van der Waals surface area contributed by atoms with Gasteiger partial charge >= 0.3 is 0 Å². The smallest absolute Gasteiger partial charge is 0.230 e. The van der Waals surface area contributed by atoms with Crippen LogP contribution in [0, 0.1) is 0 Å². The van der Waals surface area contributed by atoms with Crippen molar-refractivity contribution in [2.24, 2.45) is 4.99 Å². The molecule has 0 amide bonds. The molecule has 0 saturated carbocycles. The van der Waals surface area contributed by atoms with E-state index < -0.39 is 0 Å². The summed E-state index contributed by atoms with van der Waals surface area (Å²) in [6, 6.07) is 14.2. The minimum Gasteiger partial charge on any atom is -0.497 e. The molecule has 1 aromatic heterocycles. The van der Waals surface area contributed by atoms with Crippen LogP contribution < -0.4 is 16.0 Å². The zero-order valence-corrected chi connectivity index (χ0v) is 12.9. The Hall–Kier alpha value is -3.08. The fraction of sp³-hybridized carbons (Fsp3) is 0.111. The third-order valence-electron chi connectivity index (χ3n) is 3.45. The molecular weight excluding hydrogens is 292 g/mol. The number of ether oxygens (including phenoxy) is 1. The lowest BCUT2D eigenvalue weighted by Crippen LogP contribution is -2.13. The highest BCUT2D eigenvalue weighted by molar-refractivity contribution is 5.96. The fourth-order valence-corrected chi connectivity index (χ4v) is 2.26. The number of anilines is 1. The lowest BCUT2D eigenvalue weighted by Gasteiger charge is -2.03. The van der Waals surface area contributed by atoms with E-state index in [1.54, 1.807) is 55.6 Å². The Morgan fingerprint density at radius 2 is 1.87 bits per heavy atom. The van der Waals surface area contributed by atoms with Crippen molar-refractivity contribution in [3.8, 4) is 5.75 Å². The molecule has 0 saturated heterocycles. The van der Waals surface area contributed by atoms with Crippen LogP contribution in [-0.2, 0) is 0 Å². The van der Waals surface area contributed by atoms with Gasteiger partial charge in [-0.3, -0.25) is 4.79 Å². The van der Waals surface area contributed by atoms with Gasteiger partial charge in [-0.05, 0) is 55.5 Å². The number of ketones is 1. The van der Waals surface area contributed by atoms with Gasteiger partial charge in [-0.25, -0.2) is 4.99 Å². The number of benzene rings is 2. The molecule has 0 spiro atoms. The molecule has 0 aliphatic carbocycles. The number of nitrogen functional groups attached to an aromatic ring is 1. The lowest BCUT2D eigenvalue weighted by molar-refractivity contribution is 0.101. The van der Waals surface area contributed by atoms with Crippen LogP contribution in [0.25, 0.3) is 11.0 Å². The number of hydrogen-bond acceptors (Lipinski definition) is 5. The van der Waals surface area contributed by atoms with Crippen LogP contribution in [0.3, 0.4) is 0 Å². The number of methoxy groups -OCH3 is 1. The standard InChI is InChI=1S/C18H16N2O3/c1-11(21)16-10-12-9-13(19)3-8-17(12)23-18(16)20-14-4-6-15(22-2)7-5-14/h3-10H,19H2,1-2H3. The van der Waals surface area contributed by atoms with Gasteiger partial charge in [0.05, 0.1) is 18.4 Å². The summed E-state index contributed by atoms with van der Waals surface area (Å²) in [6.45, 7) is 1.48. The Morgan fingerprint density at radius 3 is 2.52 bits per heavy atom. The molecule has 5 heteroatoms. The topological polar surface area (TPSA) is 77.8 Å². The molecular formula is C18H16N2O3. The maximum Gasteiger partial charge on any atom is 0.230 e. The Balaban J connectivity index is 2.21. The molecule has 116 valence electrons. The quantitative estimate of drug-likeness (QED) is 0.593. The van der Waals surface area contributed by atoms with E-state index in [0.717, 1.165) is 11.1 Å². The second kappa shape index (κ2) is 5.96. The first-order valence-corrected chi connectivity index (χ1v) is 7.10. The molecule has 0 radical (unpaired) electrons. The number of nitrogens with two attached hydrogens (primary N) is 1. The SMILES string of the molecule is COc1ccc(N=c2oc3ccc(N)cc3cc2C(C)=O)cc1. The predicted molar refractivity (Wildman–Crippen MR) is 88.8 cm³/mol. The van der Waals surface area contributed by atoms with Crippen LogP contribution in [0.15, 0.2) is 57.9 Å². The maximum atomic E-state index is 11.9. The average molecular weight is 308 g/mol. The molecule has 0 unspecified atom stereocenters. The lowest BCUT2D eigenvalue weighted by atomic mass is 10.1. The van der Waals surface area contributed by atoms with Crippen molar-refractivity contribution in [3.05, 3.63) is 59.6 Å². The normalized spacial score (nSPS) is 11.7. The van der Waals surface area contributed by atoms with Gasteiger partial charge in [0.25, 0.3) is 0 Å². The second-order valence-corrected chi connectivity index (χ2v) is 5.13.